The Morgan fingerprint density at radius 1 is 1.27 bits per heavy atom. The second kappa shape index (κ2) is 7.55. The van der Waals surface area contributed by atoms with Crippen LogP contribution in [-0.2, 0) is 0 Å². The minimum absolute atomic E-state index is 0.295. The molecule has 0 fully saturated rings. The molecule has 0 aromatic rings. The van der Waals surface area contributed by atoms with Gasteiger partial charge >= 0.3 is 0 Å². The largest absolute Gasteiger partial charge is 0.389 e. The molecule has 11 heavy (non-hydrogen) atoms. The van der Waals surface area contributed by atoms with E-state index >= 15 is 0 Å². The van der Waals surface area contributed by atoms with Crippen molar-refractivity contribution in [3.8, 4) is 0 Å². The first kappa shape index (κ1) is 10.4. The van der Waals surface area contributed by atoms with E-state index in [0.717, 1.165) is 12.8 Å². The third-order valence-corrected chi connectivity index (χ3v) is 1.39. The highest BCUT2D eigenvalue weighted by Gasteiger charge is 1.84. The lowest BCUT2D eigenvalue weighted by atomic mass is 10.2. The third-order valence-electron chi connectivity index (χ3n) is 1.39. The minimum atomic E-state index is -0.295. The van der Waals surface area contributed by atoms with Crippen molar-refractivity contribution < 1.29 is 5.11 Å². The molecule has 0 spiro atoms. The number of unbranched alkanes of at least 4 members (excludes halogenated alkanes) is 2. The molecule has 0 bridgehead atoms. The van der Waals surface area contributed by atoms with Gasteiger partial charge in [-0.1, -0.05) is 24.3 Å². The molecule has 0 aromatic heterocycles. The zero-order valence-electron chi connectivity index (χ0n) is 7.46. The van der Waals surface area contributed by atoms with Crippen LogP contribution in [0, 0.1) is 0 Å². The average molecular weight is 154 g/mol. The summed E-state index contributed by atoms with van der Waals surface area (Å²) in [5.41, 5.74) is 0. The summed E-state index contributed by atoms with van der Waals surface area (Å²) < 4.78 is 0. The van der Waals surface area contributed by atoms with E-state index < -0.39 is 0 Å². The van der Waals surface area contributed by atoms with E-state index in [1.165, 1.54) is 6.42 Å². The Kier molecular flexibility index (Phi) is 7.16. The van der Waals surface area contributed by atoms with Gasteiger partial charge < -0.3 is 5.11 Å². The summed E-state index contributed by atoms with van der Waals surface area (Å²) in [5.74, 6) is 0. The Balaban J connectivity index is 3.14. The number of hydrogen-bond donors (Lipinski definition) is 1. The van der Waals surface area contributed by atoms with Gasteiger partial charge in [0.2, 0.25) is 0 Å². The number of hydrogen-bond acceptors (Lipinski definition) is 1. The Hall–Kier alpha value is -0.560. The van der Waals surface area contributed by atoms with E-state index in [2.05, 4.69) is 12.2 Å². The van der Waals surface area contributed by atoms with E-state index in [1.807, 2.05) is 19.1 Å². The maximum absolute atomic E-state index is 8.85. The molecule has 64 valence electrons. The molecule has 0 aliphatic rings. The van der Waals surface area contributed by atoms with E-state index in [-0.39, 0.29) is 6.10 Å². The van der Waals surface area contributed by atoms with E-state index in [0.29, 0.717) is 0 Å². The maximum Gasteiger partial charge on any atom is 0.0692 e. The second-order valence-electron chi connectivity index (χ2n) is 2.67. The summed E-state index contributed by atoms with van der Waals surface area (Å²) in [6, 6.07) is 0. The van der Waals surface area contributed by atoms with Crippen LogP contribution in [0.25, 0.3) is 0 Å². The topological polar surface area (TPSA) is 20.2 Å². The van der Waals surface area contributed by atoms with Crippen molar-refractivity contribution in [3.05, 3.63) is 24.3 Å². The number of rotatable bonds is 5. The standard InChI is InChI=1S/C10H18O/c1-3-4-5-6-7-8-9-10(2)11/h3-4,8-11H,5-7H2,1-2H3. The van der Waals surface area contributed by atoms with Crippen LogP contribution in [0.1, 0.15) is 33.1 Å². The van der Waals surface area contributed by atoms with Crippen molar-refractivity contribution in [3.63, 3.8) is 0 Å². The molecule has 0 saturated carbocycles. The highest BCUT2D eigenvalue weighted by atomic mass is 16.3. The van der Waals surface area contributed by atoms with Crippen molar-refractivity contribution >= 4 is 0 Å². The van der Waals surface area contributed by atoms with Crippen LogP contribution in [0.5, 0.6) is 0 Å². The average Bonchev–Trinajstić information content (AvgIpc) is 1.96. The van der Waals surface area contributed by atoms with Gasteiger partial charge in [-0.3, -0.25) is 0 Å². The summed E-state index contributed by atoms with van der Waals surface area (Å²) in [5, 5.41) is 8.85. The minimum Gasteiger partial charge on any atom is -0.389 e. The fourth-order valence-corrected chi connectivity index (χ4v) is 0.813. The van der Waals surface area contributed by atoms with Crippen LogP contribution in [0.2, 0.25) is 0 Å². The molecule has 1 atom stereocenters. The predicted molar refractivity (Wildman–Crippen MR) is 49.5 cm³/mol. The first-order valence-corrected chi connectivity index (χ1v) is 4.23. The monoisotopic (exact) mass is 154 g/mol. The van der Waals surface area contributed by atoms with Crippen LogP contribution in [0.3, 0.4) is 0 Å². The number of allylic oxidation sites excluding steroid dienone is 3. The molecule has 1 unspecified atom stereocenters. The van der Waals surface area contributed by atoms with Crippen molar-refractivity contribution in [2.24, 2.45) is 0 Å². The molecule has 0 rings (SSSR count). The quantitative estimate of drug-likeness (QED) is 0.477. The van der Waals surface area contributed by atoms with E-state index in [9.17, 15) is 0 Å². The molecule has 1 heteroatoms. The Bertz CT molecular complexity index is 123. The summed E-state index contributed by atoms with van der Waals surface area (Å²) in [7, 11) is 0. The van der Waals surface area contributed by atoms with Crippen molar-refractivity contribution in [1.82, 2.24) is 0 Å². The Morgan fingerprint density at radius 3 is 2.45 bits per heavy atom. The van der Waals surface area contributed by atoms with E-state index in [1.54, 1.807) is 6.92 Å². The Morgan fingerprint density at radius 2 is 1.91 bits per heavy atom. The van der Waals surface area contributed by atoms with Crippen LogP contribution in [0.15, 0.2) is 24.3 Å². The lowest BCUT2D eigenvalue weighted by molar-refractivity contribution is 0.244. The van der Waals surface area contributed by atoms with Gasteiger partial charge in [0, 0.05) is 0 Å². The van der Waals surface area contributed by atoms with Gasteiger partial charge in [0.25, 0.3) is 0 Å². The van der Waals surface area contributed by atoms with Gasteiger partial charge in [0.15, 0.2) is 0 Å². The van der Waals surface area contributed by atoms with Gasteiger partial charge in [0.05, 0.1) is 6.10 Å². The number of aliphatic hydroxyl groups excluding tert-OH is 1. The predicted octanol–water partition coefficient (Wildman–Crippen LogP) is 2.67. The summed E-state index contributed by atoms with van der Waals surface area (Å²) in [6.45, 7) is 3.80. The van der Waals surface area contributed by atoms with Crippen molar-refractivity contribution in [2.45, 2.75) is 39.2 Å². The fourth-order valence-electron chi connectivity index (χ4n) is 0.813. The molecule has 0 aromatic carbocycles. The second-order valence-corrected chi connectivity index (χ2v) is 2.67. The molecule has 0 radical (unpaired) electrons. The SMILES string of the molecule is CC=CCCCC=CC(C)O. The van der Waals surface area contributed by atoms with Gasteiger partial charge in [0.1, 0.15) is 0 Å². The molecule has 0 aliphatic carbocycles. The highest BCUT2D eigenvalue weighted by Crippen LogP contribution is 1.98. The van der Waals surface area contributed by atoms with Gasteiger partial charge in [-0.15, -0.1) is 0 Å². The first-order valence-electron chi connectivity index (χ1n) is 4.23. The molecule has 0 heterocycles. The van der Waals surface area contributed by atoms with Gasteiger partial charge in [-0.25, -0.2) is 0 Å². The molecule has 0 saturated heterocycles. The summed E-state index contributed by atoms with van der Waals surface area (Å²) in [4.78, 5) is 0. The van der Waals surface area contributed by atoms with Gasteiger partial charge in [-0.2, -0.15) is 0 Å². The normalized spacial score (nSPS) is 14.8. The molecule has 1 N–H and O–H groups in total. The highest BCUT2D eigenvalue weighted by molar-refractivity contribution is 4.87. The molecule has 0 amide bonds. The summed E-state index contributed by atoms with van der Waals surface area (Å²) in [6.07, 6.45) is 11.2. The molecule has 0 aliphatic heterocycles. The summed E-state index contributed by atoms with van der Waals surface area (Å²) >= 11 is 0. The molecular formula is C10H18O. The van der Waals surface area contributed by atoms with Crippen molar-refractivity contribution in [2.75, 3.05) is 0 Å². The zero-order valence-corrected chi connectivity index (χ0v) is 7.46. The molecular weight excluding hydrogens is 136 g/mol. The zero-order chi connectivity index (χ0) is 8.53. The fraction of sp³-hybridized carbons (Fsp3) is 0.600. The maximum atomic E-state index is 8.85. The smallest absolute Gasteiger partial charge is 0.0692 e. The lowest BCUT2D eigenvalue weighted by Crippen LogP contribution is -1.91. The van der Waals surface area contributed by atoms with Crippen LogP contribution in [0.4, 0.5) is 0 Å². The Labute approximate surface area is 69.4 Å². The first-order chi connectivity index (χ1) is 5.27. The molecule has 1 nitrogen and oxygen atoms in total. The van der Waals surface area contributed by atoms with Crippen LogP contribution >= 0.6 is 0 Å². The van der Waals surface area contributed by atoms with Gasteiger partial charge in [-0.05, 0) is 33.1 Å². The van der Waals surface area contributed by atoms with Crippen LogP contribution in [-0.4, -0.2) is 11.2 Å². The number of aliphatic hydroxyl groups is 1. The lowest BCUT2D eigenvalue weighted by Gasteiger charge is -1.93. The van der Waals surface area contributed by atoms with Crippen LogP contribution < -0.4 is 0 Å². The van der Waals surface area contributed by atoms with Crippen molar-refractivity contribution in [1.29, 1.82) is 0 Å². The third kappa shape index (κ3) is 9.44. The van der Waals surface area contributed by atoms with E-state index in [4.69, 9.17) is 5.11 Å².